The third-order valence-electron chi connectivity index (χ3n) is 1.51. The van der Waals surface area contributed by atoms with Gasteiger partial charge in [-0.2, -0.15) is 0 Å². The van der Waals surface area contributed by atoms with Crippen LogP contribution in [-0.2, 0) is 16.5 Å². The van der Waals surface area contributed by atoms with Crippen molar-refractivity contribution in [3.63, 3.8) is 0 Å². The molecule has 1 aromatic rings. The maximum absolute atomic E-state index is 10.4. The number of carbonyl (C=O) groups excluding carboxylic acids is 1. The Morgan fingerprint density at radius 2 is 2.08 bits per heavy atom. The highest BCUT2D eigenvalue weighted by Gasteiger charge is 2.02. The van der Waals surface area contributed by atoms with E-state index in [2.05, 4.69) is 0 Å². The third kappa shape index (κ3) is 2.82. The lowest BCUT2D eigenvalue weighted by Gasteiger charge is -1.99. The molecule has 0 amide bonds. The molecule has 1 rings (SSSR count). The van der Waals surface area contributed by atoms with Gasteiger partial charge in [-0.1, -0.05) is 17.7 Å². The number of benzene rings is 1. The van der Waals surface area contributed by atoms with E-state index in [0.29, 0.717) is 22.4 Å². The average Bonchev–Trinajstić information content (AvgIpc) is 2.08. The number of halogens is 1. The summed E-state index contributed by atoms with van der Waals surface area (Å²) in [5.41, 5.74) is 0.888. The Labute approximate surface area is 82.3 Å². The Balaban J connectivity index is 3.10. The van der Waals surface area contributed by atoms with E-state index in [1.54, 1.807) is 0 Å². The molecule has 0 aliphatic rings. The first-order valence-corrected chi connectivity index (χ1v) is 5.23. The third-order valence-corrected chi connectivity index (χ3v) is 2.47. The summed E-state index contributed by atoms with van der Waals surface area (Å²) in [6.07, 6.45) is 0.650. The molecule has 3 nitrogen and oxygen atoms in total. The van der Waals surface area contributed by atoms with Crippen LogP contribution in [0.2, 0.25) is 5.02 Å². The van der Waals surface area contributed by atoms with Gasteiger partial charge in [0.25, 0.3) is 0 Å². The summed E-state index contributed by atoms with van der Waals surface area (Å²) in [6.45, 7) is 0. The lowest BCUT2D eigenvalue weighted by atomic mass is 10.1. The van der Waals surface area contributed by atoms with Crippen LogP contribution in [0.15, 0.2) is 18.2 Å². The minimum Gasteiger partial charge on any atom is -0.298 e. The second-order valence-corrected chi connectivity index (χ2v) is 3.85. The van der Waals surface area contributed by atoms with Gasteiger partial charge in [0.2, 0.25) is 0 Å². The molecule has 0 fully saturated rings. The summed E-state index contributed by atoms with van der Waals surface area (Å²) in [5, 5.41) is 0.366. The van der Waals surface area contributed by atoms with Crippen molar-refractivity contribution in [3.05, 3.63) is 34.3 Å². The van der Waals surface area contributed by atoms with Crippen molar-refractivity contribution in [2.24, 2.45) is 0 Å². The van der Waals surface area contributed by atoms with Crippen molar-refractivity contribution in [1.82, 2.24) is 0 Å². The van der Waals surface area contributed by atoms with Crippen LogP contribution in [0.1, 0.15) is 15.9 Å². The molecule has 0 spiro atoms. The molecule has 5 heteroatoms. The summed E-state index contributed by atoms with van der Waals surface area (Å²) >= 11 is 5.71. The van der Waals surface area contributed by atoms with E-state index in [4.69, 9.17) is 11.6 Å². The zero-order valence-corrected chi connectivity index (χ0v) is 8.22. The van der Waals surface area contributed by atoms with Gasteiger partial charge in [-0.3, -0.25) is 4.79 Å². The number of rotatable bonds is 3. The first-order valence-electron chi connectivity index (χ1n) is 3.49. The Morgan fingerprint density at radius 1 is 1.38 bits per heavy atom. The number of aldehydes is 1. The van der Waals surface area contributed by atoms with Crippen LogP contribution < -0.4 is 0 Å². The molecule has 13 heavy (non-hydrogen) atoms. The maximum Gasteiger partial charge on any atom is 0.150 e. The standard InChI is InChI=1S/C8H7ClO3S/c9-8-2-1-6(4-10)3-7(8)5-13(11)12/h1-4,13H,5H2. The molecule has 0 heterocycles. The zero-order chi connectivity index (χ0) is 9.84. The van der Waals surface area contributed by atoms with Gasteiger partial charge >= 0.3 is 0 Å². The van der Waals surface area contributed by atoms with Crippen LogP contribution in [-0.4, -0.2) is 14.7 Å². The van der Waals surface area contributed by atoms with E-state index < -0.39 is 10.7 Å². The molecule has 70 valence electrons. The van der Waals surface area contributed by atoms with Crippen LogP contribution in [0, 0.1) is 0 Å². The number of thiol groups is 1. The normalized spacial score (nSPS) is 10.3. The molecule has 0 saturated carbocycles. The van der Waals surface area contributed by atoms with E-state index >= 15 is 0 Å². The molecule has 0 unspecified atom stereocenters. The van der Waals surface area contributed by atoms with E-state index in [0.717, 1.165) is 0 Å². The molecule has 0 aliphatic carbocycles. The minimum atomic E-state index is -2.51. The predicted octanol–water partition coefficient (Wildman–Crippen LogP) is 1.26. The van der Waals surface area contributed by atoms with Gasteiger partial charge in [0.05, 0.1) is 5.75 Å². The van der Waals surface area contributed by atoms with Crippen LogP contribution >= 0.6 is 11.6 Å². The van der Waals surface area contributed by atoms with E-state index in [1.165, 1.54) is 18.2 Å². The SMILES string of the molecule is O=Cc1ccc(Cl)c(C[SH](=O)=O)c1. The molecule has 0 N–H and O–H groups in total. The van der Waals surface area contributed by atoms with Gasteiger partial charge in [-0.15, -0.1) is 0 Å². The summed E-state index contributed by atoms with van der Waals surface area (Å²) in [7, 11) is -2.51. The van der Waals surface area contributed by atoms with E-state index in [1.807, 2.05) is 0 Å². The highest BCUT2D eigenvalue weighted by atomic mass is 35.5. The quantitative estimate of drug-likeness (QED) is 0.614. The topological polar surface area (TPSA) is 51.2 Å². The first kappa shape index (κ1) is 10.2. The van der Waals surface area contributed by atoms with Crippen molar-refractivity contribution in [2.75, 3.05) is 0 Å². The smallest absolute Gasteiger partial charge is 0.150 e. The zero-order valence-electron chi connectivity index (χ0n) is 6.57. The van der Waals surface area contributed by atoms with Crippen molar-refractivity contribution >= 4 is 28.6 Å². The van der Waals surface area contributed by atoms with E-state index in [9.17, 15) is 13.2 Å². The summed E-state index contributed by atoms with van der Waals surface area (Å²) in [5.74, 6) is -0.129. The molecular formula is C8H7ClO3S. The van der Waals surface area contributed by atoms with Gasteiger partial charge in [-0.05, 0) is 17.7 Å². The molecular weight excluding hydrogens is 212 g/mol. The largest absolute Gasteiger partial charge is 0.298 e. The second-order valence-electron chi connectivity index (χ2n) is 2.46. The van der Waals surface area contributed by atoms with Gasteiger partial charge in [0.15, 0.2) is 0 Å². The van der Waals surface area contributed by atoms with Gasteiger partial charge in [0.1, 0.15) is 17.0 Å². The highest BCUT2D eigenvalue weighted by molar-refractivity contribution is 7.71. The minimum absolute atomic E-state index is 0.129. The Hall–Kier alpha value is -0.870. The van der Waals surface area contributed by atoms with Crippen molar-refractivity contribution < 1.29 is 13.2 Å². The average molecular weight is 219 g/mol. The molecule has 0 bridgehead atoms. The van der Waals surface area contributed by atoms with Crippen molar-refractivity contribution in [1.29, 1.82) is 0 Å². The molecule has 0 atom stereocenters. The van der Waals surface area contributed by atoms with Gasteiger partial charge in [0, 0.05) is 10.6 Å². The lowest BCUT2D eigenvalue weighted by Crippen LogP contribution is -1.90. The monoisotopic (exact) mass is 218 g/mol. The summed E-state index contributed by atoms with van der Waals surface area (Å²) < 4.78 is 20.8. The summed E-state index contributed by atoms with van der Waals surface area (Å²) in [6, 6.07) is 4.52. The van der Waals surface area contributed by atoms with Crippen molar-refractivity contribution in [3.8, 4) is 0 Å². The molecule has 0 aromatic heterocycles. The Kier molecular flexibility index (Phi) is 3.45. The van der Waals surface area contributed by atoms with Gasteiger partial charge < -0.3 is 0 Å². The molecule has 0 radical (unpaired) electrons. The van der Waals surface area contributed by atoms with Crippen LogP contribution in [0.5, 0.6) is 0 Å². The first-order chi connectivity index (χ1) is 6.13. The number of hydrogen-bond donors (Lipinski definition) is 1. The molecule has 0 aliphatic heterocycles. The number of hydrogen-bond acceptors (Lipinski definition) is 3. The fourth-order valence-electron chi connectivity index (χ4n) is 0.928. The van der Waals surface area contributed by atoms with Crippen molar-refractivity contribution in [2.45, 2.75) is 5.75 Å². The molecule has 1 aromatic carbocycles. The fourth-order valence-corrected chi connectivity index (χ4v) is 1.75. The Morgan fingerprint density at radius 3 is 2.62 bits per heavy atom. The van der Waals surface area contributed by atoms with Crippen LogP contribution in [0.3, 0.4) is 0 Å². The summed E-state index contributed by atoms with van der Waals surface area (Å²) in [4.78, 5) is 10.4. The lowest BCUT2D eigenvalue weighted by molar-refractivity contribution is 0.112. The fraction of sp³-hybridized carbons (Fsp3) is 0.125. The highest BCUT2D eigenvalue weighted by Crippen LogP contribution is 2.17. The Bertz CT molecular complexity index is 390. The van der Waals surface area contributed by atoms with Crippen LogP contribution in [0.4, 0.5) is 0 Å². The van der Waals surface area contributed by atoms with E-state index in [-0.39, 0.29) is 5.75 Å². The second kappa shape index (κ2) is 4.39. The number of carbonyl (C=O) groups is 1. The maximum atomic E-state index is 10.4. The molecule has 0 saturated heterocycles. The van der Waals surface area contributed by atoms with Crippen LogP contribution in [0.25, 0.3) is 0 Å². The predicted molar refractivity (Wildman–Crippen MR) is 50.9 cm³/mol. The van der Waals surface area contributed by atoms with Gasteiger partial charge in [-0.25, -0.2) is 8.42 Å².